The van der Waals surface area contributed by atoms with Crippen LogP contribution in [0.15, 0.2) is 95.8 Å². The highest BCUT2D eigenvalue weighted by atomic mass is 16.6. The van der Waals surface area contributed by atoms with Crippen molar-refractivity contribution in [2.24, 2.45) is 7.05 Å². The smallest absolute Gasteiger partial charge is 0.410 e. The highest BCUT2D eigenvalue weighted by molar-refractivity contribution is 5.97. The zero-order chi connectivity index (χ0) is 29.7. The molecule has 1 aliphatic carbocycles. The van der Waals surface area contributed by atoms with E-state index in [1.807, 2.05) is 48.5 Å². The van der Waals surface area contributed by atoms with E-state index in [1.54, 1.807) is 37.2 Å². The van der Waals surface area contributed by atoms with Gasteiger partial charge in [0, 0.05) is 32.1 Å². The van der Waals surface area contributed by atoms with Crippen molar-refractivity contribution in [3.8, 4) is 11.1 Å². The van der Waals surface area contributed by atoms with E-state index in [2.05, 4.69) is 29.6 Å². The minimum absolute atomic E-state index is 0.0759. The van der Waals surface area contributed by atoms with Crippen LogP contribution in [0.3, 0.4) is 0 Å². The van der Waals surface area contributed by atoms with E-state index >= 15 is 0 Å². The molecule has 43 heavy (non-hydrogen) atoms. The number of carbonyl (C=O) groups excluding carboxylic acids is 2. The third kappa shape index (κ3) is 4.46. The Bertz CT molecular complexity index is 1940. The maximum absolute atomic E-state index is 13.9. The Kier molecular flexibility index (Phi) is 6.54. The molecule has 1 unspecified atom stereocenters. The Hall–Kier alpha value is -5.24. The first kappa shape index (κ1) is 26.6. The van der Waals surface area contributed by atoms with Crippen molar-refractivity contribution in [1.29, 1.82) is 0 Å². The molecular formula is C35H30N4O4. The molecule has 2 aliphatic rings. The summed E-state index contributed by atoms with van der Waals surface area (Å²) in [6.07, 6.45) is -0.0509. The molecular weight excluding hydrogens is 540 g/mol. The molecule has 8 nitrogen and oxygen atoms in total. The predicted octanol–water partition coefficient (Wildman–Crippen LogP) is 5.34. The Balaban J connectivity index is 1.24. The van der Waals surface area contributed by atoms with Gasteiger partial charge in [-0.05, 0) is 58.0 Å². The first-order valence-corrected chi connectivity index (χ1v) is 14.4. The first-order valence-electron chi connectivity index (χ1n) is 14.4. The van der Waals surface area contributed by atoms with Gasteiger partial charge in [0.15, 0.2) is 0 Å². The summed E-state index contributed by atoms with van der Waals surface area (Å²) in [5.74, 6) is -0.322. The van der Waals surface area contributed by atoms with Gasteiger partial charge in [0.2, 0.25) is 0 Å². The predicted molar refractivity (Wildman–Crippen MR) is 164 cm³/mol. The van der Waals surface area contributed by atoms with Gasteiger partial charge in [-0.2, -0.15) is 0 Å². The summed E-state index contributed by atoms with van der Waals surface area (Å²) in [5, 5.41) is 2.61. The number of rotatable bonds is 4. The van der Waals surface area contributed by atoms with E-state index in [4.69, 9.17) is 9.72 Å². The van der Waals surface area contributed by atoms with E-state index in [1.165, 1.54) is 4.57 Å². The summed E-state index contributed by atoms with van der Waals surface area (Å²) in [6, 6.07) is 28.9. The highest BCUT2D eigenvalue weighted by Gasteiger charge is 2.36. The Morgan fingerprint density at radius 3 is 2.26 bits per heavy atom. The lowest BCUT2D eigenvalue weighted by atomic mass is 9.92. The van der Waals surface area contributed by atoms with Crippen LogP contribution in [-0.4, -0.2) is 40.1 Å². The molecule has 2 heterocycles. The molecule has 0 saturated heterocycles. The van der Waals surface area contributed by atoms with E-state index in [-0.39, 0.29) is 29.7 Å². The minimum atomic E-state index is -0.618. The number of amides is 2. The second-order valence-corrected chi connectivity index (χ2v) is 11.1. The summed E-state index contributed by atoms with van der Waals surface area (Å²) in [6.45, 7) is 0.485. The Morgan fingerprint density at radius 1 is 0.907 bits per heavy atom. The summed E-state index contributed by atoms with van der Waals surface area (Å²) < 4.78 is 7.56. The number of fused-ring (bicyclic) bond motifs is 5. The molecule has 1 N–H and O–H groups in total. The van der Waals surface area contributed by atoms with Gasteiger partial charge in [-0.1, -0.05) is 72.8 Å². The molecule has 2 amide bonds. The molecule has 1 aromatic heterocycles. The molecule has 7 rings (SSSR count). The largest absolute Gasteiger partial charge is 0.448 e. The topological polar surface area (TPSA) is 93.5 Å². The minimum Gasteiger partial charge on any atom is -0.448 e. The molecule has 0 spiro atoms. The fourth-order valence-electron chi connectivity index (χ4n) is 6.48. The number of nitrogens with zero attached hydrogens (tertiary/aromatic N) is 3. The number of hydrogen-bond acceptors (Lipinski definition) is 5. The van der Waals surface area contributed by atoms with Crippen molar-refractivity contribution in [2.45, 2.75) is 24.9 Å². The molecule has 0 bridgehead atoms. The molecule has 8 heteroatoms. The summed E-state index contributed by atoms with van der Waals surface area (Å²) in [5.41, 5.74) is 8.17. The second kappa shape index (κ2) is 10.5. The van der Waals surface area contributed by atoms with Crippen LogP contribution < -0.4 is 10.9 Å². The lowest BCUT2D eigenvalue weighted by Gasteiger charge is -2.36. The second-order valence-electron chi connectivity index (χ2n) is 11.1. The van der Waals surface area contributed by atoms with E-state index in [9.17, 15) is 14.4 Å². The van der Waals surface area contributed by atoms with E-state index in [0.717, 1.165) is 33.4 Å². The number of nitrogens with one attached hydrogen (secondary N) is 1. The summed E-state index contributed by atoms with van der Waals surface area (Å²) >= 11 is 0. The van der Waals surface area contributed by atoms with Gasteiger partial charge in [0.1, 0.15) is 12.3 Å². The van der Waals surface area contributed by atoms with Crippen molar-refractivity contribution >= 4 is 23.0 Å². The maximum atomic E-state index is 13.9. The van der Waals surface area contributed by atoms with Crippen LogP contribution in [0.2, 0.25) is 0 Å². The summed E-state index contributed by atoms with van der Waals surface area (Å²) in [7, 11) is 3.23. The van der Waals surface area contributed by atoms with Crippen molar-refractivity contribution in [3.63, 3.8) is 0 Å². The lowest BCUT2D eigenvalue weighted by molar-refractivity contribution is 0.0749. The number of carbonyl (C=O) groups is 2. The van der Waals surface area contributed by atoms with Gasteiger partial charge >= 0.3 is 6.09 Å². The van der Waals surface area contributed by atoms with Gasteiger partial charge in [0.05, 0.1) is 17.1 Å². The number of hydrogen-bond donors (Lipinski definition) is 1. The van der Waals surface area contributed by atoms with Crippen LogP contribution in [0.4, 0.5) is 4.79 Å². The third-order valence-corrected chi connectivity index (χ3v) is 8.73. The van der Waals surface area contributed by atoms with Gasteiger partial charge in [-0.15, -0.1) is 0 Å². The van der Waals surface area contributed by atoms with E-state index < -0.39 is 12.1 Å². The molecule has 5 aromatic rings. The van der Waals surface area contributed by atoms with Crippen molar-refractivity contribution in [1.82, 2.24) is 19.8 Å². The van der Waals surface area contributed by atoms with Gasteiger partial charge < -0.3 is 14.6 Å². The maximum Gasteiger partial charge on any atom is 0.410 e. The first-order chi connectivity index (χ1) is 20.9. The van der Waals surface area contributed by atoms with Crippen molar-refractivity contribution in [2.75, 3.05) is 13.7 Å². The third-order valence-electron chi connectivity index (χ3n) is 8.73. The molecule has 1 atom stereocenters. The SMILES string of the molecule is CNC(=O)c1ccc2nc(C3Cc4ccccc4CN3C(=O)OCC3c4ccccc4-c4ccccc43)c(=O)n(C)c2c1. The normalized spacial score (nSPS) is 15.5. The zero-order valence-electron chi connectivity index (χ0n) is 23.9. The van der Waals surface area contributed by atoms with Crippen LogP contribution in [0.25, 0.3) is 22.2 Å². The van der Waals surface area contributed by atoms with Crippen molar-refractivity contribution in [3.05, 3.63) is 135 Å². The van der Waals surface area contributed by atoms with Crippen molar-refractivity contribution < 1.29 is 14.3 Å². The number of aromatic nitrogens is 2. The van der Waals surface area contributed by atoms with E-state index in [0.29, 0.717) is 29.6 Å². The standard InChI is InChI=1S/C35H30N4O4/c1-36-33(40)22-15-16-29-30(18-22)38(2)34(41)32(37-29)31-17-21-9-3-4-10-23(21)19-39(31)35(42)43-20-28-26-13-7-5-11-24(26)25-12-6-8-14-27(25)28/h3-16,18,28,31H,17,19-20H2,1-2H3,(H,36,40). The molecule has 214 valence electrons. The fraction of sp³-hybridized carbons (Fsp3) is 0.200. The number of benzene rings is 4. The zero-order valence-corrected chi connectivity index (χ0v) is 23.9. The van der Waals surface area contributed by atoms with Gasteiger partial charge in [0.25, 0.3) is 11.5 Å². The molecule has 0 radical (unpaired) electrons. The molecule has 0 fully saturated rings. The molecule has 4 aromatic carbocycles. The van der Waals surface area contributed by atoms with Crippen LogP contribution in [0.5, 0.6) is 0 Å². The van der Waals surface area contributed by atoms with Crippen LogP contribution in [0.1, 0.15) is 50.3 Å². The molecule has 1 aliphatic heterocycles. The molecule has 0 saturated carbocycles. The average molecular weight is 571 g/mol. The summed E-state index contributed by atoms with van der Waals surface area (Å²) in [4.78, 5) is 46.3. The van der Waals surface area contributed by atoms with Crippen LogP contribution in [0, 0.1) is 0 Å². The van der Waals surface area contributed by atoms with Gasteiger partial charge in [-0.25, -0.2) is 9.78 Å². The van der Waals surface area contributed by atoms with Crippen LogP contribution >= 0.6 is 0 Å². The highest BCUT2D eigenvalue weighted by Crippen LogP contribution is 2.44. The number of aryl methyl sites for hydroxylation is 1. The average Bonchev–Trinajstić information content (AvgIpc) is 3.37. The monoisotopic (exact) mass is 570 g/mol. The lowest BCUT2D eigenvalue weighted by Crippen LogP contribution is -2.43. The van der Waals surface area contributed by atoms with Gasteiger partial charge in [-0.3, -0.25) is 14.5 Å². The Morgan fingerprint density at radius 2 is 1.56 bits per heavy atom. The Labute approximate surface area is 248 Å². The number of ether oxygens (including phenoxy) is 1. The van der Waals surface area contributed by atoms with Crippen LogP contribution in [-0.2, 0) is 24.8 Å². The fourth-order valence-corrected chi connectivity index (χ4v) is 6.48. The quantitative estimate of drug-likeness (QED) is 0.315.